The van der Waals surface area contributed by atoms with Crippen LogP contribution in [0.4, 0.5) is 4.39 Å². The van der Waals surface area contributed by atoms with Crippen LogP contribution in [-0.4, -0.2) is 24.5 Å². The molecule has 0 aliphatic rings. The number of benzene rings is 1. The third-order valence-electron chi connectivity index (χ3n) is 3.17. The van der Waals surface area contributed by atoms with Crippen molar-refractivity contribution in [3.8, 4) is 0 Å². The number of aryl methyl sites for hydroxylation is 1. The number of hydrogen-bond donors (Lipinski definition) is 1. The molecule has 1 N–H and O–H groups in total. The maximum atomic E-state index is 12.8. The molecule has 118 valence electrons. The molecule has 0 atom stereocenters. The molecule has 1 aromatic carbocycles. The number of rotatable bonds is 7. The summed E-state index contributed by atoms with van der Waals surface area (Å²) in [5.41, 5.74) is 1.88. The Labute approximate surface area is 133 Å². The van der Waals surface area contributed by atoms with Crippen LogP contribution >= 0.6 is 11.3 Å². The maximum absolute atomic E-state index is 12.8. The third-order valence-corrected chi connectivity index (χ3v) is 4.31. The summed E-state index contributed by atoms with van der Waals surface area (Å²) in [7, 11) is 1.62. The van der Waals surface area contributed by atoms with Crippen LogP contribution in [0.1, 0.15) is 21.1 Å². The highest BCUT2D eigenvalue weighted by molar-refractivity contribution is 7.11. The van der Waals surface area contributed by atoms with E-state index in [-0.39, 0.29) is 11.7 Å². The molecule has 0 saturated carbocycles. The van der Waals surface area contributed by atoms with Crippen LogP contribution in [0.5, 0.6) is 0 Å². The minimum absolute atomic E-state index is 0.0298. The third kappa shape index (κ3) is 4.89. The molecular formula is C16H19FN2O2S. The molecule has 4 nitrogen and oxygen atoms in total. The fraction of sp³-hybridized carbons (Fsp3) is 0.375. The van der Waals surface area contributed by atoms with E-state index in [1.165, 1.54) is 23.5 Å². The van der Waals surface area contributed by atoms with Crippen LogP contribution < -0.4 is 5.32 Å². The zero-order valence-electron chi connectivity index (χ0n) is 12.7. The van der Waals surface area contributed by atoms with Gasteiger partial charge in [-0.25, -0.2) is 9.37 Å². The van der Waals surface area contributed by atoms with Gasteiger partial charge in [0.15, 0.2) is 0 Å². The highest BCUT2D eigenvalue weighted by Gasteiger charge is 2.11. The Kier molecular flexibility index (Phi) is 6.03. The molecule has 22 heavy (non-hydrogen) atoms. The molecule has 0 spiro atoms. The molecule has 0 aliphatic heterocycles. The Morgan fingerprint density at radius 1 is 1.36 bits per heavy atom. The van der Waals surface area contributed by atoms with Crippen molar-refractivity contribution in [3.63, 3.8) is 0 Å². The number of nitrogens with zero attached hydrogens (tertiary/aromatic N) is 1. The first kappa shape index (κ1) is 16.6. The minimum Gasteiger partial charge on any atom is -0.378 e. The summed E-state index contributed by atoms with van der Waals surface area (Å²) < 4.78 is 17.8. The van der Waals surface area contributed by atoms with Gasteiger partial charge < -0.3 is 10.1 Å². The Balaban J connectivity index is 1.79. The lowest BCUT2D eigenvalue weighted by atomic mass is 10.1. The van der Waals surface area contributed by atoms with E-state index >= 15 is 0 Å². The Morgan fingerprint density at radius 2 is 2.09 bits per heavy atom. The SMILES string of the molecule is COCc1nc(C)c(CC(=O)NCCc2ccc(F)cc2)s1. The zero-order valence-corrected chi connectivity index (χ0v) is 13.5. The van der Waals surface area contributed by atoms with Gasteiger partial charge in [0.05, 0.1) is 18.7 Å². The Bertz CT molecular complexity index is 626. The van der Waals surface area contributed by atoms with Crippen molar-refractivity contribution in [1.29, 1.82) is 0 Å². The number of carbonyl (C=O) groups excluding carboxylic acids is 1. The van der Waals surface area contributed by atoms with Gasteiger partial charge >= 0.3 is 0 Å². The number of aromatic nitrogens is 1. The zero-order chi connectivity index (χ0) is 15.9. The fourth-order valence-corrected chi connectivity index (χ4v) is 3.08. The van der Waals surface area contributed by atoms with Gasteiger partial charge in [-0.1, -0.05) is 12.1 Å². The summed E-state index contributed by atoms with van der Waals surface area (Å²) in [5, 5.41) is 3.76. The lowest BCUT2D eigenvalue weighted by molar-refractivity contribution is -0.120. The summed E-state index contributed by atoms with van der Waals surface area (Å²) in [4.78, 5) is 17.3. The predicted molar refractivity (Wildman–Crippen MR) is 84.4 cm³/mol. The van der Waals surface area contributed by atoms with Crippen molar-refractivity contribution in [1.82, 2.24) is 10.3 Å². The van der Waals surface area contributed by atoms with E-state index in [4.69, 9.17) is 4.74 Å². The standard InChI is InChI=1S/C16H19FN2O2S/c1-11-14(22-16(19-11)10-21-2)9-15(20)18-8-7-12-3-5-13(17)6-4-12/h3-6H,7-10H2,1-2H3,(H,18,20). The molecular weight excluding hydrogens is 303 g/mol. The molecule has 2 rings (SSSR count). The smallest absolute Gasteiger partial charge is 0.225 e. The predicted octanol–water partition coefficient (Wildman–Crippen LogP) is 2.64. The van der Waals surface area contributed by atoms with Crippen LogP contribution in [0.25, 0.3) is 0 Å². The van der Waals surface area contributed by atoms with E-state index in [0.717, 1.165) is 21.1 Å². The molecule has 2 aromatic rings. The summed E-state index contributed by atoms with van der Waals surface area (Å²) >= 11 is 1.51. The van der Waals surface area contributed by atoms with E-state index in [1.54, 1.807) is 19.2 Å². The van der Waals surface area contributed by atoms with Gasteiger partial charge in [-0.3, -0.25) is 4.79 Å². The number of ether oxygens (including phenoxy) is 1. The molecule has 0 unspecified atom stereocenters. The molecule has 0 saturated heterocycles. The molecule has 0 bridgehead atoms. The van der Waals surface area contributed by atoms with Crippen molar-refractivity contribution >= 4 is 17.2 Å². The molecule has 0 radical (unpaired) electrons. The van der Waals surface area contributed by atoms with Crippen molar-refractivity contribution in [3.05, 3.63) is 51.2 Å². The average molecular weight is 322 g/mol. The van der Waals surface area contributed by atoms with E-state index in [1.807, 2.05) is 6.92 Å². The van der Waals surface area contributed by atoms with Gasteiger partial charge in [0.25, 0.3) is 0 Å². The van der Waals surface area contributed by atoms with Gasteiger partial charge in [-0.15, -0.1) is 11.3 Å². The summed E-state index contributed by atoms with van der Waals surface area (Å²) in [5.74, 6) is -0.279. The summed E-state index contributed by atoms with van der Waals surface area (Å²) in [6.07, 6.45) is 1.01. The number of carbonyl (C=O) groups is 1. The van der Waals surface area contributed by atoms with Crippen molar-refractivity contribution in [2.75, 3.05) is 13.7 Å². The first-order valence-electron chi connectivity index (χ1n) is 7.03. The van der Waals surface area contributed by atoms with Gasteiger partial charge in [0, 0.05) is 18.5 Å². The lowest BCUT2D eigenvalue weighted by Gasteiger charge is -2.05. The fourth-order valence-electron chi connectivity index (χ4n) is 2.04. The molecule has 1 aromatic heterocycles. The number of hydrogen-bond acceptors (Lipinski definition) is 4. The maximum Gasteiger partial charge on any atom is 0.225 e. The quantitative estimate of drug-likeness (QED) is 0.852. The number of halogens is 1. The van der Waals surface area contributed by atoms with Crippen molar-refractivity contribution in [2.24, 2.45) is 0 Å². The highest BCUT2D eigenvalue weighted by atomic mass is 32.1. The second-order valence-corrected chi connectivity index (χ2v) is 6.12. The first-order valence-corrected chi connectivity index (χ1v) is 7.85. The molecule has 1 heterocycles. The normalized spacial score (nSPS) is 10.7. The minimum atomic E-state index is -0.250. The first-order chi connectivity index (χ1) is 10.6. The van der Waals surface area contributed by atoms with Crippen molar-refractivity contribution < 1.29 is 13.9 Å². The largest absolute Gasteiger partial charge is 0.378 e. The van der Waals surface area contributed by atoms with E-state index in [0.29, 0.717) is 26.0 Å². The molecule has 1 amide bonds. The highest BCUT2D eigenvalue weighted by Crippen LogP contribution is 2.19. The summed E-state index contributed by atoms with van der Waals surface area (Å²) in [6, 6.07) is 6.31. The van der Waals surface area contributed by atoms with Gasteiger partial charge in [0.1, 0.15) is 10.8 Å². The van der Waals surface area contributed by atoms with Gasteiger partial charge in [-0.2, -0.15) is 0 Å². The second kappa shape index (κ2) is 8.00. The second-order valence-electron chi connectivity index (χ2n) is 4.95. The van der Waals surface area contributed by atoms with Crippen molar-refractivity contribution in [2.45, 2.75) is 26.4 Å². The number of amides is 1. The number of methoxy groups -OCH3 is 1. The van der Waals surface area contributed by atoms with Gasteiger partial charge in [0.2, 0.25) is 5.91 Å². The number of nitrogens with one attached hydrogen (secondary N) is 1. The van der Waals surface area contributed by atoms with E-state index in [2.05, 4.69) is 10.3 Å². The lowest BCUT2D eigenvalue weighted by Crippen LogP contribution is -2.27. The van der Waals surface area contributed by atoms with Crippen LogP contribution in [0, 0.1) is 12.7 Å². The van der Waals surface area contributed by atoms with Gasteiger partial charge in [-0.05, 0) is 31.0 Å². The molecule has 0 fully saturated rings. The number of thiazole rings is 1. The van der Waals surface area contributed by atoms with E-state index < -0.39 is 0 Å². The molecule has 6 heteroatoms. The average Bonchev–Trinajstić information content (AvgIpc) is 2.81. The van der Waals surface area contributed by atoms with E-state index in [9.17, 15) is 9.18 Å². The van der Waals surface area contributed by atoms with Crippen LogP contribution in [0.3, 0.4) is 0 Å². The summed E-state index contributed by atoms with van der Waals surface area (Å²) in [6.45, 7) is 2.90. The van der Waals surface area contributed by atoms with Crippen LogP contribution in [0.2, 0.25) is 0 Å². The topological polar surface area (TPSA) is 51.2 Å². The molecule has 0 aliphatic carbocycles. The van der Waals surface area contributed by atoms with Crippen LogP contribution in [0.15, 0.2) is 24.3 Å². The Morgan fingerprint density at radius 3 is 2.77 bits per heavy atom. The van der Waals surface area contributed by atoms with Crippen LogP contribution in [-0.2, 0) is 29.0 Å². The Hall–Kier alpha value is -1.79. The monoisotopic (exact) mass is 322 g/mol.